The predicted octanol–water partition coefficient (Wildman–Crippen LogP) is 6.13. The Morgan fingerprint density at radius 3 is 2.69 bits per heavy atom. The minimum Gasteiger partial charge on any atom is -0.481 e. The van der Waals surface area contributed by atoms with Crippen molar-refractivity contribution < 1.29 is 23.5 Å². The van der Waals surface area contributed by atoms with Crippen LogP contribution in [0.3, 0.4) is 0 Å². The molecule has 1 fully saturated rings. The smallest absolute Gasteiger partial charge is 0.303 e. The largest absolute Gasteiger partial charge is 0.481 e. The lowest BCUT2D eigenvalue weighted by molar-refractivity contribution is -0.137. The zero-order valence-electron chi connectivity index (χ0n) is 16.7. The van der Waals surface area contributed by atoms with E-state index < -0.39 is 11.9 Å². The Hall–Kier alpha value is -1.50. The minimum absolute atomic E-state index is 0.0183. The van der Waals surface area contributed by atoms with Crippen LogP contribution in [0.4, 0.5) is 8.78 Å². The molecule has 4 nitrogen and oxygen atoms in total. The molecule has 1 N–H and O–H groups in total. The van der Waals surface area contributed by atoms with Gasteiger partial charge in [0.15, 0.2) is 0 Å². The highest BCUT2D eigenvalue weighted by atomic mass is 79.9. The molecule has 0 saturated carbocycles. The Labute approximate surface area is 179 Å². The number of carbonyl (C=O) groups is 2. The molecule has 0 radical (unpaired) electrons. The van der Waals surface area contributed by atoms with Crippen LogP contribution in [0.1, 0.15) is 76.2 Å². The van der Waals surface area contributed by atoms with Crippen LogP contribution in [0.15, 0.2) is 28.7 Å². The van der Waals surface area contributed by atoms with Gasteiger partial charge in [-0.1, -0.05) is 40.9 Å². The molecule has 0 unspecified atom stereocenters. The van der Waals surface area contributed by atoms with Gasteiger partial charge in [-0.15, -0.1) is 0 Å². The number of amides is 1. The number of halogens is 3. The fourth-order valence-electron chi connectivity index (χ4n) is 3.93. The lowest BCUT2D eigenvalue weighted by Gasteiger charge is -2.36. The van der Waals surface area contributed by atoms with Gasteiger partial charge in [-0.3, -0.25) is 9.59 Å². The number of alkyl halides is 2. The Morgan fingerprint density at radius 2 is 1.97 bits per heavy atom. The van der Waals surface area contributed by atoms with Gasteiger partial charge in [0.1, 0.15) is 0 Å². The maximum atomic E-state index is 14.5. The molecule has 0 aliphatic carbocycles. The van der Waals surface area contributed by atoms with E-state index >= 15 is 0 Å². The second kappa shape index (κ2) is 11.6. The van der Waals surface area contributed by atoms with Gasteiger partial charge < -0.3 is 10.0 Å². The van der Waals surface area contributed by atoms with Gasteiger partial charge in [-0.05, 0) is 50.7 Å². The Balaban J connectivity index is 1.79. The molecule has 29 heavy (non-hydrogen) atoms. The molecular formula is C22H30BrF2NO3. The first-order chi connectivity index (χ1) is 13.8. The number of aliphatic carboxylic acids is 1. The van der Waals surface area contributed by atoms with Crippen molar-refractivity contribution in [1.29, 1.82) is 0 Å². The van der Waals surface area contributed by atoms with Crippen molar-refractivity contribution in [2.24, 2.45) is 0 Å². The third-order valence-corrected chi connectivity index (χ3v) is 6.00. The van der Waals surface area contributed by atoms with Crippen LogP contribution >= 0.6 is 15.9 Å². The van der Waals surface area contributed by atoms with Crippen molar-refractivity contribution in [1.82, 2.24) is 4.90 Å². The molecular weight excluding hydrogens is 444 g/mol. The molecule has 0 bridgehead atoms. The van der Waals surface area contributed by atoms with Crippen LogP contribution in [-0.2, 0) is 15.5 Å². The number of carboxylic acid groups (broad SMARTS) is 1. The van der Waals surface area contributed by atoms with Crippen LogP contribution in [0.2, 0.25) is 0 Å². The maximum absolute atomic E-state index is 14.5. The zero-order chi connectivity index (χ0) is 21.3. The van der Waals surface area contributed by atoms with Crippen molar-refractivity contribution in [2.75, 3.05) is 6.54 Å². The lowest BCUT2D eigenvalue weighted by Crippen LogP contribution is -2.44. The number of hydrogen-bond acceptors (Lipinski definition) is 2. The summed E-state index contributed by atoms with van der Waals surface area (Å²) in [4.78, 5) is 24.7. The molecule has 1 aromatic carbocycles. The number of likely N-dealkylation sites (tertiary alicyclic amines) is 1. The number of rotatable bonds is 12. The Kier molecular flexibility index (Phi) is 9.53. The molecule has 1 heterocycles. The normalized spacial score (nSPS) is 17.6. The highest BCUT2D eigenvalue weighted by Gasteiger charge is 2.33. The van der Waals surface area contributed by atoms with E-state index in [1.165, 1.54) is 12.1 Å². The quantitative estimate of drug-likeness (QED) is 0.371. The standard InChI is InChI=1S/C22H30BrF2NO3/c23-18-9-5-8-17(16-18)22(24,25)14-7-11-19-10-6-12-20(27)26(19)15-4-2-1-3-13-21(28)29/h5,8-9,16,19H,1-4,6-7,10-15H2,(H,28,29)/t19-/m1/s1. The second-order valence-electron chi connectivity index (χ2n) is 7.80. The van der Waals surface area contributed by atoms with Gasteiger partial charge in [0.2, 0.25) is 5.91 Å². The van der Waals surface area contributed by atoms with Gasteiger partial charge in [-0.2, -0.15) is 0 Å². The van der Waals surface area contributed by atoms with Gasteiger partial charge in [0.25, 0.3) is 5.92 Å². The number of carboxylic acids is 1. The van der Waals surface area contributed by atoms with Crippen LogP contribution < -0.4 is 0 Å². The van der Waals surface area contributed by atoms with Crippen LogP contribution in [0, 0.1) is 0 Å². The van der Waals surface area contributed by atoms with E-state index in [4.69, 9.17) is 5.11 Å². The molecule has 0 aromatic heterocycles. The molecule has 1 atom stereocenters. The summed E-state index contributed by atoms with van der Waals surface area (Å²) in [5, 5.41) is 8.66. The van der Waals surface area contributed by atoms with Crippen LogP contribution in [0.5, 0.6) is 0 Å². The average molecular weight is 474 g/mol. The molecule has 162 valence electrons. The van der Waals surface area contributed by atoms with Gasteiger partial charge in [-0.25, -0.2) is 8.78 Å². The monoisotopic (exact) mass is 473 g/mol. The summed E-state index contributed by atoms with van der Waals surface area (Å²) < 4.78 is 29.6. The van der Waals surface area contributed by atoms with E-state index in [2.05, 4.69) is 15.9 Å². The SMILES string of the molecule is O=C(O)CCCCCCN1C(=O)CCC[C@@H]1CCCC(F)(F)c1cccc(Br)c1. The number of piperidine rings is 1. The summed E-state index contributed by atoms with van der Waals surface area (Å²) in [7, 11) is 0. The Morgan fingerprint density at radius 1 is 1.21 bits per heavy atom. The molecule has 0 spiro atoms. The summed E-state index contributed by atoms with van der Waals surface area (Å²) >= 11 is 3.24. The molecule has 7 heteroatoms. The van der Waals surface area contributed by atoms with E-state index in [0.29, 0.717) is 36.7 Å². The first-order valence-electron chi connectivity index (χ1n) is 10.4. The fraction of sp³-hybridized carbons (Fsp3) is 0.636. The zero-order valence-corrected chi connectivity index (χ0v) is 18.3. The maximum Gasteiger partial charge on any atom is 0.303 e. The molecule has 1 aromatic rings. The van der Waals surface area contributed by atoms with Crippen molar-refractivity contribution >= 4 is 27.8 Å². The molecule has 1 amide bonds. The summed E-state index contributed by atoms with van der Waals surface area (Å²) in [5.74, 6) is -3.54. The van der Waals surface area contributed by atoms with E-state index in [9.17, 15) is 18.4 Å². The van der Waals surface area contributed by atoms with Crippen molar-refractivity contribution in [3.8, 4) is 0 Å². The van der Waals surface area contributed by atoms with Gasteiger partial charge in [0, 0.05) is 41.9 Å². The van der Waals surface area contributed by atoms with E-state index in [1.54, 1.807) is 12.1 Å². The predicted molar refractivity (Wildman–Crippen MR) is 112 cm³/mol. The average Bonchev–Trinajstić information content (AvgIpc) is 2.66. The summed E-state index contributed by atoms with van der Waals surface area (Å²) in [6.45, 7) is 0.637. The lowest BCUT2D eigenvalue weighted by atomic mass is 9.94. The topological polar surface area (TPSA) is 57.6 Å². The third kappa shape index (κ3) is 8.03. The van der Waals surface area contributed by atoms with Crippen molar-refractivity contribution in [2.45, 2.75) is 82.6 Å². The van der Waals surface area contributed by atoms with Crippen molar-refractivity contribution in [3.63, 3.8) is 0 Å². The molecule has 1 aliphatic rings. The molecule has 1 aliphatic heterocycles. The van der Waals surface area contributed by atoms with Crippen LogP contribution in [-0.4, -0.2) is 34.5 Å². The summed E-state index contributed by atoms with van der Waals surface area (Å²) in [5.41, 5.74) is 0.0183. The second-order valence-corrected chi connectivity index (χ2v) is 8.71. The number of benzene rings is 1. The molecule has 1 saturated heterocycles. The number of nitrogens with zero attached hydrogens (tertiary/aromatic N) is 1. The van der Waals surface area contributed by atoms with E-state index in [-0.39, 0.29) is 30.4 Å². The molecule has 2 rings (SSSR count). The van der Waals surface area contributed by atoms with Crippen LogP contribution in [0.25, 0.3) is 0 Å². The summed E-state index contributed by atoms with van der Waals surface area (Å²) in [6, 6.07) is 6.29. The van der Waals surface area contributed by atoms with E-state index in [1.807, 2.05) is 4.90 Å². The number of carbonyl (C=O) groups excluding carboxylic acids is 1. The minimum atomic E-state index is -2.88. The van der Waals surface area contributed by atoms with Gasteiger partial charge in [0.05, 0.1) is 0 Å². The first-order valence-corrected chi connectivity index (χ1v) is 11.2. The highest BCUT2D eigenvalue weighted by Crippen LogP contribution is 2.35. The number of unbranched alkanes of at least 4 members (excludes halogenated alkanes) is 3. The van der Waals surface area contributed by atoms with E-state index in [0.717, 1.165) is 32.1 Å². The van der Waals surface area contributed by atoms with Gasteiger partial charge >= 0.3 is 5.97 Å². The fourth-order valence-corrected chi connectivity index (χ4v) is 4.33. The Bertz CT molecular complexity index is 684. The first kappa shape index (κ1) is 23.8. The highest BCUT2D eigenvalue weighted by molar-refractivity contribution is 9.10. The third-order valence-electron chi connectivity index (χ3n) is 5.50. The summed E-state index contributed by atoms with van der Waals surface area (Å²) in [6.07, 6.45) is 6.32. The number of hydrogen-bond donors (Lipinski definition) is 1. The van der Waals surface area contributed by atoms with Crippen molar-refractivity contribution in [3.05, 3.63) is 34.3 Å².